The molecule has 0 spiro atoms. The largest absolute Gasteiger partial charge is 0.385 e. The van der Waals surface area contributed by atoms with Crippen molar-refractivity contribution in [2.24, 2.45) is 0 Å². The zero-order valence-corrected chi connectivity index (χ0v) is 12.4. The Labute approximate surface area is 119 Å². The van der Waals surface area contributed by atoms with Crippen LogP contribution < -0.4 is 10.6 Å². The van der Waals surface area contributed by atoms with Gasteiger partial charge in [-0.15, -0.1) is 0 Å². The van der Waals surface area contributed by atoms with Gasteiger partial charge in [0.1, 0.15) is 0 Å². The summed E-state index contributed by atoms with van der Waals surface area (Å²) in [5.74, 6) is 0.0544. The molecule has 1 aromatic rings. The van der Waals surface area contributed by atoms with Crippen molar-refractivity contribution in [3.05, 3.63) is 29.8 Å². The fourth-order valence-electron chi connectivity index (χ4n) is 2.43. The topological polar surface area (TPSA) is 75.3 Å². The standard InChI is InChI=1S/C14H20N2O3S/c1-2-15-13-8-4-3-7-12(13)14(17)16-11-6-5-9-20(18,19)10-11/h3-4,7-8,11,15H,2,5-6,9-10H2,1H3,(H,16,17). The van der Waals surface area contributed by atoms with Gasteiger partial charge in [-0.05, 0) is 31.9 Å². The third-order valence-electron chi connectivity index (χ3n) is 3.34. The highest BCUT2D eigenvalue weighted by atomic mass is 32.2. The van der Waals surface area contributed by atoms with Crippen LogP contribution in [-0.4, -0.2) is 38.4 Å². The molecule has 1 saturated heterocycles. The summed E-state index contributed by atoms with van der Waals surface area (Å²) in [4.78, 5) is 12.3. The molecule has 1 heterocycles. The van der Waals surface area contributed by atoms with Crippen LogP contribution in [0.4, 0.5) is 5.69 Å². The van der Waals surface area contributed by atoms with Gasteiger partial charge in [0, 0.05) is 18.3 Å². The molecule has 2 N–H and O–H groups in total. The first kappa shape index (κ1) is 14.8. The number of rotatable bonds is 4. The van der Waals surface area contributed by atoms with Gasteiger partial charge in [-0.3, -0.25) is 4.79 Å². The lowest BCUT2D eigenvalue weighted by Gasteiger charge is -2.23. The summed E-state index contributed by atoms with van der Waals surface area (Å²) >= 11 is 0. The lowest BCUT2D eigenvalue weighted by molar-refractivity contribution is 0.0939. The minimum atomic E-state index is -3.01. The minimum absolute atomic E-state index is 0.0438. The molecule has 1 atom stereocenters. The second-order valence-electron chi connectivity index (χ2n) is 5.00. The number of hydrogen-bond acceptors (Lipinski definition) is 4. The molecule has 1 fully saturated rings. The van der Waals surface area contributed by atoms with Crippen LogP contribution in [0.5, 0.6) is 0 Å². The van der Waals surface area contributed by atoms with E-state index in [0.29, 0.717) is 18.4 Å². The fourth-order valence-corrected chi connectivity index (χ4v) is 4.06. The van der Waals surface area contributed by atoms with Gasteiger partial charge in [0.05, 0.1) is 17.1 Å². The Morgan fingerprint density at radius 2 is 2.10 bits per heavy atom. The van der Waals surface area contributed by atoms with Crippen molar-refractivity contribution in [2.75, 3.05) is 23.4 Å². The second kappa shape index (κ2) is 6.26. The maximum absolute atomic E-state index is 12.3. The second-order valence-corrected chi connectivity index (χ2v) is 7.23. The van der Waals surface area contributed by atoms with Gasteiger partial charge >= 0.3 is 0 Å². The quantitative estimate of drug-likeness (QED) is 0.881. The number of hydrogen-bond donors (Lipinski definition) is 2. The zero-order valence-electron chi connectivity index (χ0n) is 11.6. The maximum Gasteiger partial charge on any atom is 0.253 e. The lowest BCUT2D eigenvalue weighted by Crippen LogP contribution is -2.43. The third-order valence-corrected chi connectivity index (χ3v) is 5.16. The molecule has 0 radical (unpaired) electrons. The highest BCUT2D eigenvalue weighted by Gasteiger charge is 2.26. The highest BCUT2D eigenvalue weighted by Crippen LogP contribution is 2.17. The Morgan fingerprint density at radius 1 is 1.35 bits per heavy atom. The number of amides is 1. The van der Waals surface area contributed by atoms with E-state index in [0.717, 1.165) is 12.2 Å². The Morgan fingerprint density at radius 3 is 2.80 bits per heavy atom. The predicted octanol–water partition coefficient (Wildman–Crippen LogP) is 1.43. The van der Waals surface area contributed by atoms with Crippen molar-refractivity contribution >= 4 is 21.4 Å². The van der Waals surface area contributed by atoms with Crippen LogP contribution in [0.3, 0.4) is 0 Å². The summed E-state index contributed by atoms with van der Waals surface area (Å²) in [7, 11) is -3.01. The number of sulfone groups is 1. The molecule has 2 rings (SSSR count). The van der Waals surface area contributed by atoms with E-state index >= 15 is 0 Å². The van der Waals surface area contributed by atoms with Crippen molar-refractivity contribution in [3.63, 3.8) is 0 Å². The SMILES string of the molecule is CCNc1ccccc1C(=O)NC1CCCS(=O)(=O)C1. The summed E-state index contributed by atoms with van der Waals surface area (Å²) in [6.07, 6.45) is 1.33. The predicted molar refractivity (Wildman–Crippen MR) is 79.7 cm³/mol. The van der Waals surface area contributed by atoms with Crippen molar-refractivity contribution in [2.45, 2.75) is 25.8 Å². The van der Waals surface area contributed by atoms with Crippen molar-refractivity contribution in [1.29, 1.82) is 0 Å². The van der Waals surface area contributed by atoms with Crippen molar-refractivity contribution < 1.29 is 13.2 Å². The molecule has 0 aromatic heterocycles. The Hall–Kier alpha value is -1.56. The van der Waals surface area contributed by atoms with E-state index in [1.807, 2.05) is 19.1 Å². The van der Waals surface area contributed by atoms with Gasteiger partial charge in [0.2, 0.25) is 0 Å². The smallest absolute Gasteiger partial charge is 0.253 e. The van der Waals surface area contributed by atoms with Crippen LogP contribution in [0.15, 0.2) is 24.3 Å². The molecule has 1 amide bonds. The average Bonchev–Trinajstić information content (AvgIpc) is 2.38. The van der Waals surface area contributed by atoms with E-state index in [4.69, 9.17) is 0 Å². The molecule has 0 bridgehead atoms. The molecule has 110 valence electrons. The molecule has 1 aromatic carbocycles. The van der Waals surface area contributed by atoms with E-state index in [9.17, 15) is 13.2 Å². The Balaban J connectivity index is 2.08. The third kappa shape index (κ3) is 3.72. The van der Waals surface area contributed by atoms with Gasteiger partial charge < -0.3 is 10.6 Å². The lowest BCUT2D eigenvalue weighted by atomic mass is 10.1. The summed E-state index contributed by atoms with van der Waals surface area (Å²) in [6, 6.07) is 6.96. The first-order valence-electron chi connectivity index (χ1n) is 6.86. The van der Waals surface area contributed by atoms with Crippen LogP contribution in [-0.2, 0) is 9.84 Å². The Kier molecular flexibility index (Phi) is 4.65. The number of anilines is 1. The summed E-state index contributed by atoms with van der Waals surface area (Å²) in [5.41, 5.74) is 1.32. The van der Waals surface area contributed by atoms with E-state index in [1.54, 1.807) is 12.1 Å². The van der Waals surface area contributed by atoms with E-state index in [2.05, 4.69) is 10.6 Å². The van der Waals surface area contributed by atoms with E-state index < -0.39 is 9.84 Å². The molecular formula is C14H20N2O3S. The van der Waals surface area contributed by atoms with Crippen molar-refractivity contribution in [3.8, 4) is 0 Å². The number of nitrogens with one attached hydrogen (secondary N) is 2. The highest BCUT2D eigenvalue weighted by molar-refractivity contribution is 7.91. The van der Waals surface area contributed by atoms with Gasteiger partial charge in [0.15, 0.2) is 9.84 Å². The molecule has 1 aliphatic heterocycles. The number of para-hydroxylation sites is 1. The first-order valence-corrected chi connectivity index (χ1v) is 8.68. The zero-order chi connectivity index (χ0) is 14.6. The molecule has 1 aliphatic rings. The summed E-state index contributed by atoms with van der Waals surface area (Å²) in [5, 5.41) is 5.96. The molecule has 0 saturated carbocycles. The normalized spacial score (nSPS) is 21.1. The van der Waals surface area contributed by atoms with Crippen LogP contribution in [0.2, 0.25) is 0 Å². The van der Waals surface area contributed by atoms with Gasteiger partial charge in [0.25, 0.3) is 5.91 Å². The first-order chi connectivity index (χ1) is 9.52. The van der Waals surface area contributed by atoms with Gasteiger partial charge in [-0.25, -0.2) is 8.42 Å². The Bertz CT molecular complexity index is 584. The number of carbonyl (C=O) groups excluding carboxylic acids is 1. The number of carbonyl (C=O) groups is 1. The summed E-state index contributed by atoms with van der Waals surface area (Å²) < 4.78 is 23.2. The van der Waals surface area contributed by atoms with Gasteiger partial charge in [-0.1, -0.05) is 12.1 Å². The van der Waals surface area contributed by atoms with E-state index in [-0.39, 0.29) is 23.5 Å². The van der Waals surface area contributed by atoms with Crippen molar-refractivity contribution in [1.82, 2.24) is 5.32 Å². The van der Waals surface area contributed by atoms with Crippen LogP contribution >= 0.6 is 0 Å². The minimum Gasteiger partial charge on any atom is -0.385 e. The van der Waals surface area contributed by atoms with Gasteiger partial charge in [-0.2, -0.15) is 0 Å². The molecule has 6 heteroatoms. The molecule has 1 unspecified atom stereocenters. The monoisotopic (exact) mass is 296 g/mol. The molecule has 20 heavy (non-hydrogen) atoms. The molecule has 5 nitrogen and oxygen atoms in total. The molecule has 0 aliphatic carbocycles. The van der Waals surface area contributed by atoms with Crippen LogP contribution in [0.1, 0.15) is 30.1 Å². The fraction of sp³-hybridized carbons (Fsp3) is 0.500. The average molecular weight is 296 g/mol. The number of benzene rings is 1. The maximum atomic E-state index is 12.3. The summed E-state index contributed by atoms with van der Waals surface area (Å²) in [6.45, 7) is 2.69. The van der Waals surface area contributed by atoms with Crippen LogP contribution in [0.25, 0.3) is 0 Å². The van der Waals surface area contributed by atoms with E-state index in [1.165, 1.54) is 0 Å². The van der Waals surface area contributed by atoms with Crippen LogP contribution in [0, 0.1) is 0 Å². The molecular weight excluding hydrogens is 276 g/mol.